The fraction of sp³-hybridized carbons (Fsp3) is 0.347. The van der Waals surface area contributed by atoms with Crippen molar-refractivity contribution in [2.45, 2.75) is 101 Å². The van der Waals surface area contributed by atoms with Crippen LogP contribution in [0.4, 0.5) is 0 Å². The Labute approximate surface area is 408 Å². The average Bonchev–Trinajstić information content (AvgIpc) is 4.02. The van der Waals surface area contributed by atoms with Crippen molar-refractivity contribution in [2.24, 2.45) is 22.2 Å². The molecular formula is C49H60N14O8. The molecule has 1 unspecified atom stereocenters. The summed E-state index contributed by atoms with van der Waals surface area (Å²) in [5, 5.41) is 19.7. The summed E-state index contributed by atoms with van der Waals surface area (Å²) < 4.78 is 0. The minimum Gasteiger partial charge on any atom is -0.370 e. The molecule has 1 aliphatic heterocycles. The summed E-state index contributed by atoms with van der Waals surface area (Å²) in [4.78, 5) is 127. The first-order valence-corrected chi connectivity index (χ1v) is 23.2. The molecule has 0 bridgehead atoms. The molecule has 1 fully saturated rings. The smallest absolute Gasteiger partial charge is 0.245 e. The predicted octanol–water partition coefficient (Wildman–Crippen LogP) is -1.09. The fourth-order valence-electron chi connectivity index (χ4n) is 8.13. The van der Waals surface area contributed by atoms with Crippen molar-refractivity contribution in [1.29, 1.82) is 0 Å². The molecule has 22 nitrogen and oxygen atoms in total. The van der Waals surface area contributed by atoms with E-state index in [2.05, 4.69) is 57.2 Å². The van der Waals surface area contributed by atoms with Gasteiger partial charge in [-0.2, -0.15) is 0 Å². The van der Waals surface area contributed by atoms with Gasteiger partial charge in [0.05, 0.1) is 18.8 Å². The number of rotatable bonds is 16. The van der Waals surface area contributed by atoms with E-state index in [-0.39, 0.29) is 63.9 Å². The Kier molecular flexibility index (Phi) is 18.4. The number of guanidine groups is 1. The number of aromatic amines is 2. The molecule has 15 N–H and O–H groups in total. The zero-order chi connectivity index (χ0) is 50.9. The normalized spacial score (nSPS) is 20.9. The minimum absolute atomic E-state index is 0.0350. The first kappa shape index (κ1) is 51.8. The third kappa shape index (κ3) is 15.5. The quantitative estimate of drug-likeness (QED) is 0.0320. The van der Waals surface area contributed by atoms with Gasteiger partial charge in [0.1, 0.15) is 36.3 Å². The van der Waals surface area contributed by atoms with Crippen molar-refractivity contribution in [3.63, 3.8) is 0 Å². The fourth-order valence-corrected chi connectivity index (χ4v) is 8.13. The standard InChI is InChI=1S/C49H60N14O8/c1-28-42(48(71)60-37(43(50)66)23-31-25-55-34-16-9-8-15-33(31)34)63-45(68)35(17-10-20-54-49(51)52)59-46(69)38(21-29-11-4-2-5-12-29)61-47(70)39(24-32-26-53-27-56-32)62-44(67)36(18-19-40(64)57-28)58-41(65)22-30-13-6-3-7-14-30/h2-9,11-16,25-28,35-39,42,55H,10,17-24H2,1H3,(H2,50,66)(H,53,56)(H,57,64)(H,58,65)(H,59,69)(H,60,71)(H,61,70)(H,62,67)(H,63,68)(H4,51,52,54)/t28?,35-,36-,37-,38+,39-,42-/m0/s1. The van der Waals surface area contributed by atoms with E-state index in [4.69, 9.17) is 17.2 Å². The number of hydrogen-bond acceptors (Lipinski definition) is 10. The van der Waals surface area contributed by atoms with Gasteiger partial charge in [-0.15, -0.1) is 0 Å². The first-order chi connectivity index (χ1) is 34.1. The number of aliphatic imine (C=N–C) groups is 1. The second kappa shape index (κ2) is 25.2. The Bertz CT molecular complexity index is 2670. The first-order valence-electron chi connectivity index (χ1n) is 23.2. The number of amides is 8. The van der Waals surface area contributed by atoms with Crippen molar-refractivity contribution in [1.82, 2.24) is 52.2 Å². The molecule has 3 aromatic carbocycles. The lowest BCUT2D eigenvalue weighted by atomic mass is 10.0. The number of para-hydroxylation sites is 1. The predicted molar refractivity (Wildman–Crippen MR) is 262 cm³/mol. The number of fused-ring (bicyclic) bond motifs is 1. The van der Waals surface area contributed by atoms with Gasteiger partial charge in [0, 0.05) is 61.2 Å². The highest BCUT2D eigenvalue weighted by atomic mass is 16.2. The lowest BCUT2D eigenvalue weighted by Crippen LogP contribution is -2.63. The third-order valence-electron chi connectivity index (χ3n) is 11.9. The number of carbonyl (C=O) groups excluding carboxylic acids is 8. The van der Waals surface area contributed by atoms with Crippen molar-refractivity contribution in [3.05, 3.63) is 126 Å². The molecule has 2 aromatic heterocycles. The second-order valence-corrected chi connectivity index (χ2v) is 17.3. The van der Waals surface area contributed by atoms with Crippen LogP contribution in [0.2, 0.25) is 0 Å². The molecule has 1 saturated heterocycles. The van der Waals surface area contributed by atoms with Crippen LogP contribution in [0.15, 0.2) is 109 Å². The molecule has 22 heteroatoms. The molecule has 6 rings (SSSR count). The van der Waals surface area contributed by atoms with E-state index in [1.165, 1.54) is 19.4 Å². The van der Waals surface area contributed by atoms with Gasteiger partial charge < -0.3 is 64.4 Å². The molecule has 71 heavy (non-hydrogen) atoms. The second-order valence-electron chi connectivity index (χ2n) is 17.3. The van der Waals surface area contributed by atoms with Gasteiger partial charge in [0.25, 0.3) is 0 Å². The monoisotopic (exact) mass is 972 g/mol. The van der Waals surface area contributed by atoms with Crippen LogP contribution in [0.1, 0.15) is 55.0 Å². The van der Waals surface area contributed by atoms with Crippen LogP contribution in [-0.4, -0.2) is 117 Å². The van der Waals surface area contributed by atoms with E-state index >= 15 is 0 Å². The van der Waals surface area contributed by atoms with E-state index < -0.39 is 89.6 Å². The van der Waals surface area contributed by atoms with Crippen LogP contribution >= 0.6 is 0 Å². The van der Waals surface area contributed by atoms with Gasteiger partial charge in [-0.3, -0.25) is 43.3 Å². The molecule has 8 amide bonds. The summed E-state index contributed by atoms with van der Waals surface area (Å²) in [6.45, 7) is 1.50. The van der Waals surface area contributed by atoms with Crippen molar-refractivity contribution in [2.75, 3.05) is 6.54 Å². The highest BCUT2D eigenvalue weighted by Gasteiger charge is 2.36. The number of carbonyl (C=O) groups is 8. The van der Waals surface area contributed by atoms with Crippen LogP contribution in [0, 0.1) is 0 Å². The van der Waals surface area contributed by atoms with Gasteiger partial charge in [0.15, 0.2) is 5.96 Å². The largest absolute Gasteiger partial charge is 0.370 e. The lowest BCUT2D eigenvalue weighted by Gasteiger charge is -2.30. The van der Waals surface area contributed by atoms with E-state index in [1.54, 1.807) is 66.9 Å². The number of nitrogens with zero attached hydrogens (tertiary/aromatic N) is 2. The van der Waals surface area contributed by atoms with Crippen LogP contribution in [0.25, 0.3) is 10.9 Å². The van der Waals surface area contributed by atoms with E-state index in [9.17, 15) is 38.4 Å². The summed E-state index contributed by atoms with van der Waals surface area (Å²) >= 11 is 0. The molecule has 5 aromatic rings. The van der Waals surface area contributed by atoms with Crippen molar-refractivity contribution >= 4 is 64.1 Å². The number of aromatic nitrogens is 3. The van der Waals surface area contributed by atoms with Crippen LogP contribution < -0.4 is 54.4 Å². The van der Waals surface area contributed by atoms with Crippen LogP contribution in [0.5, 0.6) is 0 Å². The minimum atomic E-state index is -1.60. The van der Waals surface area contributed by atoms with E-state index in [0.717, 1.165) is 10.9 Å². The zero-order valence-electron chi connectivity index (χ0n) is 39.1. The Morgan fingerprint density at radius 3 is 2.06 bits per heavy atom. The van der Waals surface area contributed by atoms with Gasteiger partial charge in [0.2, 0.25) is 47.3 Å². The molecule has 0 saturated carbocycles. The van der Waals surface area contributed by atoms with Gasteiger partial charge in [-0.25, -0.2) is 4.98 Å². The maximum Gasteiger partial charge on any atom is 0.245 e. The summed E-state index contributed by atoms with van der Waals surface area (Å²) in [5.74, 6) is -6.51. The van der Waals surface area contributed by atoms with E-state index in [0.29, 0.717) is 22.4 Å². The molecule has 3 heterocycles. The molecule has 0 radical (unpaired) electrons. The number of benzene rings is 3. The van der Waals surface area contributed by atoms with Crippen molar-refractivity contribution in [3.8, 4) is 0 Å². The molecule has 1 aliphatic rings. The molecule has 0 spiro atoms. The Morgan fingerprint density at radius 1 is 0.746 bits per heavy atom. The van der Waals surface area contributed by atoms with Crippen LogP contribution in [0.3, 0.4) is 0 Å². The molecular weight excluding hydrogens is 913 g/mol. The summed E-state index contributed by atoms with van der Waals surface area (Å²) in [6, 6.07) is 15.3. The SMILES string of the molecule is CC1NC(=O)CC[C@H](NC(=O)Cc2ccccc2)C(=O)N[C@@H](Cc2cnc[nH]2)C(=O)N[C@H](Cc2ccccc2)C(=O)N[C@@H](CCCN=C(N)N)C(=O)N[C@@H]1C(=O)N[C@@H](Cc1c[nH]c2ccccc12)C(N)=O. The topological polar surface area (TPSA) is 356 Å². The summed E-state index contributed by atoms with van der Waals surface area (Å²) in [7, 11) is 0. The number of hydrogen-bond donors (Lipinski definition) is 12. The lowest BCUT2D eigenvalue weighted by molar-refractivity contribution is -0.136. The Morgan fingerprint density at radius 2 is 1.38 bits per heavy atom. The average molecular weight is 973 g/mol. The summed E-state index contributed by atoms with van der Waals surface area (Å²) in [5.41, 5.74) is 20.1. The highest BCUT2D eigenvalue weighted by Crippen LogP contribution is 2.19. The number of H-pyrrole nitrogens is 2. The number of nitrogens with one attached hydrogen (secondary N) is 9. The molecule has 374 valence electrons. The third-order valence-corrected chi connectivity index (χ3v) is 11.9. The highest BCUT2D eigenvalue weighted by molar-refractivity contribution is 5.98. The number of imidazole rings is 1. The van der Waals surface area contributed by atoms with Gasteiger partial charge in [-0.05, 0) is 48.9 Å². The van der Waals surface area contributed by atoms with Crippen molar-refractivity contribution < 1.29 is 38.4 Å². The zero-order valence-corrected chi connectivity index (χ0v) is 39.1. The maximum absolute atomic E-state index is 14.5. The van der Waals surface area contributed by atoms with Crippen LogP contribution in [-0.2, 0) is 64.0 Å². The number of nitrogens with two attached hydrogens (primary N) is 3. The number of primary amides is 1. The summed E-state index contributed by atoms with van der Waals surface area (Å²) in [6.07, 6.45) is 3.61. The maximum atomic E-state index is 14.5. The van der Waals surface area contributed by atoms with Gasteiger partial charge >= 0.3 is 0 Å². The Hall–Kier alpha value is -8.56. The van der Waals surface area contributed by atoms with Gasteiger partial charge in [-0.1, -0.05) is 78.9 Å². The molecule has 0 aliphatic carbocycles. The Balaban J connectivity index is 1.35. The molecule has 7 atom stereocenters. The van der Waals surface area contributed by atoms with E-state index in [1.807, 2.05) is 24.3 Å².